The Kier molecular flexibility index (Phi) is 8.62. The van der Waals surface area contributed by atoms with Gasteiger partial charge < -0.3 is 15.5 Å². The fourth-order valence-corrected chi connectivity index (χ4v) is 3.99. The van der Waals surface area contributed by atoms with Gasteiger partial charge in [0.2, 0.25) is 0 Å². The first-order chi connectivity index (χ1) is 12.1. The van der Waals surface area contributed by atoms with Gasteiger partial charge in [-0.2, -0.15) is 0 Å². The summed E-state index contributed by atoms with van der Waals surface area (Å²) >= 11 is 1.88. The van der Waals surface area contributed by atoms with Gasteiger partial charge in [0.05, 0.1) is 6.54 Å². The Labute approximate surface area is 157 Å². The molecular weight excluding hydrogens is 328 g/mol. The van der Waals surface area contributed by atoms with Crippen molar-refractivity contribution in [1.29, 1.82) is 0 Å². The van der Waals surface area contributed by atoms with Gasteiger partial charge in [-0.05, 0) is 45.7 Å². The van der Waals surface area contributed by atoms with Crippen LogP contribution in [0.3, 0.4) is 0 Å². The smallest absolute Gasteiger partial charge is 0.191 e. The predicted molar refractivity (Wildman–Crippen MR) is 111 cm³/mol. The number of nitrogens with zero attached hydrogens (tertiary/aromatic N) is 2. The maximum atomic E-state index is 4.82. The molecule has 2 rings (SSSR count). The second-order valence-electron chi connectivity index (χ2n) is 7.01. The van der Waals surface area contributed by atoms with Crippen molar-refractivity contribution >= 4 is 17.7 Å². The summed E-state index contributed by atoms with van der Waals surface area (Å²) in [6.07, 6.45) is 2.38. The number of aliphatic imine (C=N–C) groups is 1. The monoisotopic (exact) mass is 362 g/mol. The lowest BCUT2D eigenvalue weighted by Crippen LogP contribution is -2.50. The molecule has 0 radical (unpaired) electrons. The van der Waals surface area contributed by atoms with Crippen LogP contribution in [0, 0.1) is 0 Å². The van der Waals surface area contributed by atoms with Crippen molar-refractivity contribution in [1.82, 2.24) is 15.5 Å². The number of piperidine rings is 1. The van der Waals surface area contributed by atoms with Crippen LogP contribution in [-0.4, -0.2) is 54.4 Å². The number of nitrogens with one attached hydrogen (secondary N) is 2. The summed E-state index contributed by atoms with van der Waals surface area (Å²) in [6, 6.07) is 11.8. The van der Waals surface area contributed by atoms with Crippen molar-refractivity contribution < 1.29 is 0 Å². The Bertz CT molecular complexity index is 510. The van der Waals surface area contributed by atoms with Gasteiger partial charge in [0, 0.05) is 41.9 Å². The van der Waals surface area contributed by atoms with Crippen molar-refractivity contribution in [2.75, 3.05) is 26.2 Å². The van der Waals surface area contributed by atoms with Crippen LogP contribution in [-0.2, 0) is 0 Å². The first kappa shape index (κ1) is 20.1. The van der Waals surface area contributed by atoms with E-state index in [-0.39, 0.29) is 0 Å². The first-order valence-electron chi connectivity index (χ1n) is 9.59. The molecule has 0 bridgehead atoms. The molecule has 1 aromatic carbocycles. The fourth-order valence-electron chi connectivity index (χ4n) is 3.06. The number of hydrogen-bond donors (Lipinski definition) is 2. The van der Waals surface area contributed by atoms with E-state index in [1.54, 1.807) is 0 Å². The molecule has 1 aliphatic rings. The van der Waals surface area contributed by atoms with Crippen molar-refractivity contribution in [2.45, 2.75) is 62.8 Å². The minimum absolute atomic E-state index is 0.459. The lowest BCUT2D eigenvalue weighted by molar-refractivity contribution is 0.167. The number of benzene rings is 1. The van der Waals surface area contributed by atoms with E-state index in [1.807, 2.05) is 11.8 Å². The molecule has 1 fully saturated rings. The summed E-state index contributed by atoms with van der Waals surface area (Å²) in [7, 11) is 0. The molecule has 5 heteroatoms. The quantitative estimate of drug-likeness (QED) is 0.442. The van der Waals surface area contributed by atoms with Gasteiger partial charge in [-0.3, -0.25) is 4.99 Å². The number of likely N-dealkylation sites (tertiary alicyclic amines) is 1. The van der Waals surface area contributed by atoms with Gasteiger partial charge in [0.25, 0.3) is 0 Å². The normalized spacial score (nSPS) is 18.4. The Morgan fingerprint density at radius 2 is 1.88 bits per heavy atom. The number of hydrogen-bond acceptors (Lipinski definition) is 3. The van der Waals surface area contributed by atoms with E-state index in [4.69, 9.17) is 4.99 Å². The molecule has 0 spiro atoms. The van der Waals surface area contributed by atoms with Gasteiger partial charge in [0.1, 0.15) is 0 Å². The molecule has 1 aromatic rings. The zero-order valence-electron chi connectivity index (χ0n) is 16.2. The molecule has 1 heterocycles. The van der Waals surface area contributed by atoms with Gasteiger partial charge in [-0.15, -0.1) is 11.8 Å². The van der Waals surface area contributed by atoms with E-state index < -0.39 is 0 Å². The Hall–Kier alpha value is -1.20. The van der Waals surface area contributed by atoms with Crippen molar-refractivity contribution in [3.8, 4) is 0 Å². The third-order valence-corrected chi connectivity index (χ3v) is 5.63. The summed E-state index contributed by atoms with van der Waals surface area (Å²) in [5.74, 6) is 0.964. The van der Waals surface area contributed by atoms with E-state index in [1.165, 1.54) is 30.8 Å². The van der Waals surface area contributed by atoms with Gasteiger partial charge in [0.15, 0.2) is 5.96 Å². The van der Waals surface area contributed by atoms with Crippen LogP contribution in [0.4, 0.5) is 0 Å². The minimum atomic E-state index is 0.459. The lowest BCUT2D eigenvalue weighted by atomic mass is 10.0. The third-order valence-electron chi connectivity index (χ3n) is 4.53. The van der Waals surface area contributed by atoms with Crippen LogP contribution in [0.2, 0.25) is 0 Å². The second kappa shape index (κ2) is 10.7. The van der Waals surface area contributed by atoms with Gasteiger partial charge in [-0.1, -0.05) is 25.1 Å². The minimum Gasteiger partial charge on any atom is -0.357 e. The van der Waals surface area contributed by atoms with Crippen LogP contribution < -0.4 is 10.6 Å². The summed E-state index contributed by atoms with van der Waals surface area (Å²) in [5, 5.41) is 7.50. The van der Waals surface area contributed by atoms with E-state index in [0.29, 0.717) is 17.3 Å². The predicted octanol–water partition coefficient (Wildman–Crippen LogP) is 3.60. The maximum absolute atomic E-state index is 4.82. The average Bonchev–Trinajstić information content (AvgIpc) is 2.61. The lowest BCUT2D eigenvalue weighted by Gasteiger charge is -2.35. The highest BCUT2D eigenvalue weighted by Crippen LogP contribution is 2.22. The van der Waals surface area contributed by atoms with E-state index in [0.717, 1.165) is 19.0 Å². The number of rotatable bonds is 7. The summed E-state index contributed by atoms with van der Waals surface area (Å²) in [6.45, 7) is 13.0. The number of guanidine groups is 1. The molecule has 0 aliphatic carbocycles. The molecule has 1 saturated heterocycles. The highest BCUT2D eigenvalue weighted by Gasteiger charge is 2.21. The van der Waals surface area contributed by atoms with Crippen LogP contribution in [0.15, 0.2) is 40.2 Å². The van der Waals surface area contributed by atoms with Crippen molar-refractivity contribution in [3.63, 3.8) is 0 Å². The molecule has 1 aliphatic heterocycles. The molecule has 4 nitrogen and oxygen atoms in total. The molecule has 2 N–H and O–H groups in total. The molecule has 25 heavy (non-hydrogen) atoms. The highest BCUT2D eigenvalue weighted by molar-refractivity contribution is 8.00. The van der Waals surface area contributed by atoms with Crippen LogP contribution in [0.1, 0.15) is 40.5 Å². The van der Waals surface area contributed by atoms with Crippen molar-refractivity contribution in [3.05, 3.63) is 30.3 Å². The van der Waals surface area contributed by atoms with E-state index in [9.17, 15) is 0 Å². The maximum Gasteiger partial charge on any atom is 0.191 e. The second-order valence-corrected chi connectivity index (χ2v) is 8.52. The third kappa shape index (κ3) is 7.28. The standard InChI is InChI=1S/C20H34N4S/c1-5-21-20(23-18-11-13-24(14-12-18)16(2)3)22-15-17(4)25-19-9-7-6-8-10-19/h6-10,16-18H,5,11-15H2,1-4H3,(H2,21,22,23). The molecule has 0 amide bonds. The molecule has 0 aromatic heterocycles. The van der Waals surface area contributed by atoms with Crippen LogP contribution >= 0.6 is 11.8 Å². The van der Waals surface area contributed by atoms with Gasteiger partial charge >= 0.3 is 0 Å². The summed E-state index contributed by atoms with van der Waals surface area (Å²) in [4.78, 5) is 8.68. The topological polar surface area (TPSA) is 39.7 Å². The van der Waals surface area contributed by atoms with E-state index >= 15 is 0 Å². The molecular formula is C20H34N4S. The molecule has 1 unspecified atom stereocenters. The molecule has 0 saturated carbocycles. The van der Waals surface area contributed by atoms with Crippen molar-refractivity contribution in [2.24, 2.45) is 4.99 Å². The van der Waals surface area contributed by atoms with Crippen LogP contribution in [0.5, 0.6) is 0 Å². The Balaban J connectivity index is 1.81. The zero-order chi connectivity index (χ0) is 18.1. The van der Waals surface area contributed by atoms with Crippen LogP contribution in [0.25, 0.3) is 0 Å². The Morgan fingerprint density at radius 1 is 1.20 bits per heavy atom. The molecule has 140 valence electrons. The van der Waals surface area contributed by atoms with Gasteiger partial charge in [-0.25, -0.2) is 0 Å². The molecule has 1 atom stereocenters. The first-order valence-corrected chi connectivity index (χ1v) is 10.5. The summed E-state index contributed by atoms with van der Waals surface area (Å²) < 4.78 is 0. The van der Waals surface area contributed by atoms with E-state index in [2.05, 4.69) is 73.6 Å². The number of thioether (sulfide) groups is 1. The zero-order valence-corrected chi connectivity index (χ0v) is 17.0. The highest BCUT2D eigenvalue weighted by atomic mass is 32.2. The Morgan fingerprint density at radius 3 is 2.48 bits per heavy atom. The largest absolute Gasteiger partial charge is 0.357 e. The average molecular weight is 363 g/mol. The summed E-state index contributed by atoms with van der Waals surface area (Å²) in [5.41, 5.74) is 0. The SMILES string of the molecule is CCNC(=NCC(C)Sc1ccccc1)NC1CCN(C(C)C)CC1. The fraction of sp³-hybridized carbons (Fsp3) is 0.650.